The molecule has 2 aliphatic heterocycles. The molecular formula is C55H92O6. The number of ether oxygens (including phenoxy) is 6. The number of benzene rings is 2. The van der Waals surface area contributed by atoms with Crippen molar-refractivity contribution in [2.75, 3.05) is 26.4 Å². The standard InChI is InChI=1S/C55H92O6/c1-36(56-28-40-30-58-40)60-46-42(52(15,16)32-48(3,4)5)24-38(25-43(46)53(17,18)33-49(6,7)8)23-39-26-44(54(19,20)34-50(9,10)11)47(61-37(2)57-29-41-31-59-41)45(27-39)55(21,22)35-51(12,13)14/h24-27,36-37,40-41H,23,28-35H2,1-22H3. The van der Waals surface area contributed by atoms with Crippen molar-refractivity contribution in [3.8, 4) is 11.5 Å². The normalized spacial score (nSPS) is 19.2. The molecule has 2 heterocycles. The van der Waals surface area contributed by atoms with Crippen molar-refractivity contribution >= 4 is 0 Å². The molecule has 2 aliphatic rings. The van der Waals surface area contributed by atoms with Gasteiger partial charge in [0.15, 0.2) is 12.6 Å². The highest BCUT2D eigenvalue weighted by Gasteiger charge is 2.40. The van der Waals surface area contributed by atoms with Crippen LogP contribution in [0.5, 0.6) is 11.5 Å². The molecule has 2 saturated heterocycles. The monoisotopic (exact) mass is 849 g/mol. The van der Waals surface area contributed by atoms with Gasteiger partial charge < -0.3 is 28.4 Å². The molecule has 0 aromatic heterocycles. The molecule has 4 rings (SSSR count). The highest BCUT2D eigenvalue weighted by Crippen LogP contribution is 2.51. The van der Waals surface area contributed by atoms with Gasteiger partial charge in [-0.3, -0.25) is 0 Å². The summed E-state index contributed by atoms with van der Waals surface area (Å²) < 4.78 is 37.7. The van der Waals surface area contributed by atoms with E-state index in [2.05, 4.69) is 163 Å². The molecule has 2 fully saturated rings. The third-order valence-corrected chi connectivity index (χ3v) is 11.9. The van der Waals surface area contributed by atoms with Gasteiger partial charge in [0.2, 0.25) is 0 Å². The number of epoxide rings is 2. The molecule has 2 aromatic rings. The summed E-state index contributed by atoms with van der Waals surface area (Å²) in [4.78, 5) is 0. The summed E-state index contributed by atoms with van der Waals surface area (Å²) in [6.07, 6.45) is 4.29. The third kappa shape index (κ3) is 16.1. The fourth-order valence-corrected chi connectivity index (χ4v) is 11.0. The molecule has 0 radical (unpaired) electrons. The largest absolute Gasteiger partial charge is 0.465 e. The minimum Gasteiger partial charge on any atom is -0.465 e. The Morgan fingerprint density at radius 3 is 0.869 bits per heavy atom. The van der Waals surface area contributed by atoms with Gasteiger partial charge in [-0.2, -0.15) is 0 Å². The summed E-state index contributed by atoms with van der Waals surface area (Å²) in [6, 6.07) is 9.87. The quantitative estimate of drug-likeness (QED) is 0.0977. The van der Waals surface area contributed by atoms with E-state index in [1.165, 1.54) is 33.4 Å². The van der Waals surface area contributed by atoms with Crippen LogP contribution in [0.1, 0.15) is 211 Å². The van der Waals surface area contributed by atoms with Crippen LogP contribution < -0.4 is 9.47 Å². The van der Waals surface area contributed by atoms with Crippen LogP contribution in [-0.2, 0) is 47.0 Å². The first-order valence-electron chi connectivity index (χ1n) is 23.6. The van der Waals surface area contributed by atoms with Crippen molar-refractivity contribution in [3.05, 3.63) is 57.6 Å². The van der Waals surface area contributed by atoms with Crippen molar-refractivity contribution in [3.63, 3.8) is 0 Å². The second kappa shape index (κ2) is 18.4. The second-order valence-corrected chi connectivity index (χ2v) is 26.7. The molecule has 0 saturated carbocycles. The Labute approximate surface area is 375 Å². The lowest BCUT2D eigenvalue weighted by molar-refractivity contribution is -0.0729. The van der Waals surface area contributed by atoms with Crippen molar-refractivity contribution in [2.45, 2.75) is 231 Å². The predicted molar refractivity (Wildman–Crippen MR) is 256 cm³/mol. The van der Waals surface area contributed by atoms with Gasteiger partial charge in [-0.25, -0.2) is 0 Å². The Morgan fingerprint density at radius 1 is 0.443 bits per heavy atom. The molecule has 6 nitrogen and oxygen atoms in total. The van der Waals surface area contributed by atoms with E-state index in [0.29, 0.717) is 13.2 Å². The van der Waals surface area contributed by atoms with Crippen LogP contribution in [0.3, 0.4) is 0 Å². The molecular weight excluding hydrogens is 757 g/mol. The Kier molecular flexibility index (Phi) is 15.5. The van der Waals surface area contributed by atoms with E-state index < -0.39 is 12.6 Å². The maximum Gasteiger partial charge on any atom is 0.197 e. The van der Waals surface area contributed by atoms with Crippen LogP contribution in [-0.4, -0.2) is 51.2 Å². The summed E-state index contributed by atoms with van der Waals surface area (Å²) >= 11 is 0. The van der Waals surface area contributed by atoms with Gasteiger partial charge in [0.05, 0.1) is 26.4 Å². The number of hydrogen-bond acceptors (Lipinski definition) is 6. The first-order chi connectivity index (χ1) is 27.5. The summed E-state index contributed by atoms with van der Waals surface area (Å²) in [5.74, 6) is 1.95. The van der Waals surface area contributed by atoms with Crippen LogP contribution in [0.15, 0.2) is 24.3 Å². The zero-order chi connectivity index (χ0) is 46.4. The second-order valence-electron chi connectivity index (χ2n) is 26.7. The van der Waals surface area contributed by atoms with Gasteiger partial charge in [-0.1, -0.05) is 163 Å². The highest BCUT2D eigenvalue weighted by molar-refractivity contribution is 5.55. The third-order valence-electron chi connectivity index (χ3n) is 11.9. The molecule has 0 amide bonds. The van der Waals surface area contributed by atoms with E-state index in [1.807, 2.05) is 13.8 Å². The smallest absolute Gasteiger partial charge is 0.197 e. The van der Waals surface area contributed by atoms with Crippen molar-refractivity contribution in [1.82, 2.24) is 0 Å². The highest BCUT2D eigenvalue weighted by atomic mass is 16.7. The topological polar surface area (TPSA) is 62.0 Å². The molecule has 0 spiro atoms. The van der Waals surface area contributed by atoms with Crippen molar-refractivity contribution in [2.24, 2.45) is 21.7 Å². The SMILES string of the molecule is CC(OCC1CO1)Oc1c(C(C)(C)CC(C)(C)C)cc(Cc2cc(C(C)(C)CC(C)(C)C)c(OC(C)OCC3CO3)c(C(C)(C)CC(C)(C)C)c2)cc1C(C)(C)CC(C)(C)C. The van der Waals surface area contributed by atoms with E-state index in [9.17, 15) is 0 Å². The minimum atomic E-state index is -0.417. The van der Waals surface area contributed by atoms with Gasteiger partial charge >= 0.3 is 0 Å². The van der Waals surface area contributed by atoms with Crippen LogP contribution in [0.2, 0.25) is 0 Å². The fourth-order valence-electron chi connectivity index (χ4n) is 11.0. The molecule has 61 heavy (non-hydrogen) atoms. The average molecular weight is 849 g/mol. The lowest BCUT2D eigenvalue weighted by Gasteiger charge is -2.40. The number of hydrogen-bond donors (Lipinski definition) is 0. The minimum absolute atomic E-state index is 0.104. The Balaban J connectivity index is 2.03. The van der Waals surface area contributed by atoms with Crippen LogP contribution in [0.4, 0.5) is 0 Å². The van der Waals surface area contributed by atoms with E-state index in [-0.39, 0.29) is 55.5 Å². The average Bonchev–Trinajstić information content (AvgIpc) is 3.95. The van der Waals surface area contributed by atoms with Gasteiger partial charge in [0.25, 0.3) is 0 Å². The Morgan fingerprint density at radius 2 is 0.672 bits per heavy atom. The van der Waals surface area contributed by atoms with Crippen LogP contribution >= 0.6 is 0 Å². The van der Waals surface area contributed by atoms with Gasteiger partial charge in [-0.15, -0.1) is 0 Å². The molecule has 348 valence electrons. The van der Waals surface area contributed by atoms with Gasteiger partial charge in [0.1, 0.15) is 23.7 Å². The predicted octanol–water partition coefficient (Wildman–Crippen LogP) is 14.4. The Bertz CT molecular complexity index is 1530. The molecule has 2 aromatic carbocycles. The maximum atomic E-state index is 7.06. The fraction of sp³-hybridized carbons (Fsp3) is 0.782. The first kappa shape index (κ1) is 51.5. The van der Waals surface area contributed by atoms with Crippen LogP contribution in [0.25, 0.3) is 0 Å². The summed E-state index contributed by atoms with van der Waals surface area (Å²) in [5, 5.41) is 0. The zero-order valence-corrected chi connectivity index (χ0v) is 43.4. The first-order valence-corrected chi connectivity index (χ1v) is 23.6. The lowest BCUT2D eigenvalue weighted by Crippen LogP contribution is -2.32. The molecule has 4 atom stereocenters. The van der Waals surface area contributed by atoms with Gasteiger partial charge in [-0.05, 0) is 100 Å². The van der Waals surface area contributed by atoms with E-state index >= 15 is 0 Å². The summed E-state index contributed by atoms with van der Waals surface area (Å²) in [7, 11) is 0. The molecule has 0 N–H and O–H groups in total. The Hall–Kier alpha value is -2.12. The lowest BCUT2D eigenvalue weighted by atomic mass is 9.67. The molecule has 0 aliphatic carbocycles. The van der Waals surface area contributed by atoms with Crippen molar-refractivity contribution in [1.29, 1.82) is 0 Å². The van der Waals surface area contributed by atoms with Crippen LogP contribution in [0, 0.1) is 21.7 Å². The van der Waals surface area contributed by atoms with Gasteiger partial charge in [0, 0.05) is 22.3 Å². The summed E-state index contributed by atoms with van der Waals surface area (Å²) in [5.41, 5.74) is 7.28. The molecule has 6 heteroatoms. The maximum absolute atomic E-state index is 7.06. The number of rotatable bonds is 20. The van der Waals surface area contributed by atoms with E-state index in [1.54, 1.807) is 0 Å². The molecule has 0 bridgehead atoms. The van der Waals surface area contributed by atoms with E-state index in [4.69, 9.17) is 28.4 Å². The summed E-state index contributed by atoms with van der Waals surface area (Å²) in [6.45, 7) is 54.1. The zero-order valence-electron chi connectivity index (χ0n) is 43.4. The molecule has 4 unspecified atom stereocenters. The van der Waals surface area contributed by atoms with E-state index in [0.717, 1.165) is 56.8 Å². The van der Waals surface area contributed by atoms with Crippen molar-refractivity contribution < 1.29 is 28.4 Å².